The Balaban J connectivity index is 1.28. The number of hydrogen-bond donors (Lipinski definition) is 0. The highest BCUT2D eigenvalue weighted by Gasteiger charge is 2.30. The molecule has 3 aromatic rings. The lowest BCUT2D eigenvalue weighted by Gasteiger charge is -2.43. The van der Waals surface area contributed by atoms with Crippen molar-refractivity contribution in [1.29, 1.82) is 0 Å². The van der Waals surface area contributed by atoms with Crippen molar-refractivity contribution in [2.45, 2.75) is 58.0 Å². The highest BCUT2D eigenvalue weighted by molar-refractivity contribution is 5.82. The van der Waals surface area contributed by atoms with Crippen LogP contribution in [0.5, 0.6) is 0 Å². The maximum atomic E-state index is 2.81. The molecule has 0 N–H and O–H groups in total. The number of piperidine rings is 2. The predicted octanol–water partition coefficient (Wildman–Crippen LogP) is 7.67. The molecule has 3 aromatic carbocycles. The van der Waals surface area contributed by atoms with Gasteiger partial charge in [-0.15, -0.1) is 0 Å². The van der Waals surface area contributed by atoms with Crippen LogP contribution in [0.3, 0.4) is 0 Å². The average Bonchev–Trinajstić information content (AvgIpc) is 2.93. The standard InChI is InChI=1S/C34H42N2/c1-2-12-28-19-20-33(36(25-28)26-29-13-6-3-7-14-29)27-35-23-21-32(22-24-35)34(30-15-8-4-9-16-30)31-17-10-5-11-18-31/h3-11,13-18,28,33H,2,12,19-27H2,1H3. The van der Waals surface area contributed by atoms with E-state index in [4.69, 9.17) is 0 Å². The molecule has 5 rings (SSSR count). The minimum Gasteiger partial charge on any atom is -0.301 e. The van der Waals surface area contributed by atoms with Gasteiger partial charge in [0.2, 0.25) is 0 Å². The maximum absolute atomic E-state index is 2.81. The van der Waals surface area contributed by atoms with Gasteiger partial charge in [0, 0.05) is 38.8 Å². The lowest BCUT2D eigenvalue weighted by atomic mass is 9.87. The first-order valence-corrected chi connectivity index (χ1v) is 14.1. The number of hydrogen-bond acceptors (Lipinski definition) is 2. The SMILES string of the molecule is CCCC1CCC(CN2CCC(=C(c3ccccc3)c3ccccc3)CC2)N(Cc2ccccc2)C1. The van der Waals surface area contributed by atoms with Crippen LogP contribution < -0.4 is 0 Å². The van der Waals surface area contributed by atoms with Crippen molar-refractivity contribution in [3.63, 3.8) is 0 Å². The molecule has 36 heavy (non-hydrogen) atoms. The third-order valence-electron chi connectivity index (χ3n) is 8.25. The van der Waals surface area contributed by atoms with Crippen molar-refractivity contribution in [3.05, 3.63) is 113 Å². The fraction of sp³-hybridized carbons (Fsp3) is 0.412. The topological polar surface area (TPSA) is 6.48 Å². The van der Waals surface area contributed by atoms with Crippen LogP contribution in [0.1, 0.15) is 62.1 Å². The van der Waals surface area contributed by atoms with Crippen LogP contribution in [0.15, 0.2) is 96.6 Å². The largest absolute Gasteiger partial charge is 0.301 e. The Hall–Kier alpha value is -2.68. The van der Waals surface area contributed by atoms with E-state index in [1.54, 1.807) is 5.57 Å². The summed E-state index contributed by atoms with van der Waals surface area (Å²) in [7, 11) is 0. The van der Waals surface area contributed by atoms with E-state index >= 15 is 0 Å². The highest BCUT2D eigenvalue weighted by Crippen LogP contribution is 2.33. The lowest BCUT2D eigenvalue weighted by molar-refractivity contribution is 0.0643. The van der Waals surface area contributed by atoms with Crippen molar-refractivity contribution >= 4 is 5.57 Å². The Kier molecular flexibility index (Phi) is 8.69. The van der Waals surface area contributed by atoms with Crippen LogP contribution in [0.2, 0.25) is 0 Å². The minimum absolute atomic E-state index is 0.673. The summed E-state index contributed by atoms with van der Waals surface area (Å²) in [6.45, 7) is 8.26. The summed E-state index contributed by atoms with van der Waals surface area (Å²) in [4.78, 5) is 5.56. The van der Waals surface area contributed by atoms with E-state index < -0.39 is 0 Å². The molecule has 0 aromatic heterocycles. The zero-order valence-corrected chi connectivity index (χ0v) is 22.0. The number of rotatable bonds is 8. The van der Waals surface area contributed by atoms with Crippen molar-refractivity contribution in [1.82, 2.24) is 9.80 Å². The molecular weight excluding hydrogens is 436 g/mol. The highest BCUT2D eigenvalue weighted by atomic mass is 15.2. The predicted molar refractivity (Wildman–Crippen MR) is 153 cm³/mol. The minimum atomic E-state index is 0.673. The van der Waals surface area contributed by atoms with Crippen LogP contribution in [-0.2, 0) is 6.54 Å². The van der Waals surface area contributed by atoms with Crippen molar-refractivity contribution in [2.75, 3.05) is 26.2 Å². The molecule has 2 heteroatoms. The summed E-state index contributed by atoms with van der Waals surface area (Å²) in [5, 5.41) is 0. The summed E-state index contributed by atoms with van der Waals surface area (Å²) in [6, 6.07) is 33.8. The van der Waals surface area contributed by atoms with E-state index in [0.717, 1.165) is 12.5 Å². The van der Waals surface area contributed by atoms with Gasteiger partial charge in [-0.1, -0.05) is 110 Å². The van der Waals surface area contributed by atoms with Crippen LogP contribution in [0.25, 0.3) is 5.57 Å². The Morgan fingerprint density at radius 3 is 1.92 bits per heavy atom. The first kappa shape index (κ1) is 25.0. The van der Waals surface area contributed by atoms with Gasteiger partial charge in [-0.3, -0.25) is 4.90 Å². The third-order valence-corrected chi connectivity index (χ3v) is 8.25. The van der Waals surface area contributed by atoms with E-state index in [1.807, 2.05) is 0 Å². The second-order valence-corrected chi connectivity index (χ2v) is 10.8. The van der Waals surface area contributed by atoms with Gasteiger partial charge in [0.05, 0.1) is 0 Å². The first-order valence-electron chi connectivity index (χ1n) is 14.1. The van der Waals surface area contributed by atoms with Gasteiger partial charge in [-0.05, 0) is 60.3 Å². The van der Waals surface area contributed by atoms with E-state index in [1.165, 1.54) is 87.0 Å². The number of benzene rings is 3. The fourth-order valence-electron chi connectivity index (χ4n) is 6.38. The Bertz CT molecular complexity index is 1040. The molecule has 0 spiro atoms. The van der Waals surface area contributed by atoms with Crippen molar-refractivity contribution in [2.24, 2.45) is 5.92 Å². The van der Waals surface area contributed by atoms with Gasteiger partial charge < -0.3 is 4.90 Å². The van der Waals surface area contributed by atoms with Gasteiger partial charge in [-0.25, -0.2) is 0 Å². The third kappa shape index (κ3) is 6.35. The molecule has 2 nitrogen and oxygen atoms in total. The lowest BCUT2D eigenvalue weighted by Crippen LogP contribution is -2.49. The summed E-state index contributed by atoms with van der Waals surface area (Å²) >= 11 is 0. The Morgan fingerprint density at radius 2 is 1.33 bits per heavy atom. The number of nitrogens with zero attached hydrogens (tertiary/aromatic N) is 2. The van der Waals surface area contributed by atoms with Gasteiger partial charge in [-0.2, -0.15) is 0 Å². The molecule has 0 saturated carbocycles. The fourth-order valence-corrected chi connectivity index (χ4v) is 6.38. The average molecular weight is 479 g/mol. The molecule has 2 atom stereocenters. The quantitative estimate of drug-likeness (QED) is 0.328. The van der Waals surface area contributed by atoms with E-state index in [0.29, 0.717) is 6.04 Å². The first-order chi connectivity index (χ1) is 17.8. The summed E-state index contributed by atoms with van der Waals surface area (Å²) in [5.74, 6) is 0.866. The van der Waals surface area contributed by atoms with Crippen LogP contribution >= 0.6 is 0 Å². The van der Waals surface area contributed by atoms with E-state index in [9.17, 15) is 0 Å². The number of likely N-dealkylation sites (tertiary alicyclic amines) is 2. The van der Waals surface area contributed by atoms with Gasteiger partial charge in [0.15, 0.2) is 0 Å². The van der Waals surface area contributed by atoms with Crippen LogP contribution in [-0.4, -0.2) is 42.0 Å². The molecular formula is C34H42N2. The Labute approximate surface area is 218 Å². The molecule has 0 radical (unpaired) electrons. The molecule has 0 aliphatic carbocycles. The summed E-state index contributed by atoms with van der Waals surface area (Å²) in [5.41, 5.74) is 7.25. The molecule has 2 saturated heterocycles. The van der Waals surface area contributed by atoms with Gasteiger partial charge >= 0.3 is 0 Å². The van der Waals surface area contributed by atoms with Crippen LogP contribution in [0, 0.1) is 5.92 Å². The molecule has 0 amide bonds. The zero-order valence-electron chi connectivity index (χ0n) is 22.0. The van der Waals surface area contributed by atoms with Gasteiger partial charge in [0.25, 0.3) is 0 Å². The zero-order chi connectivity index (χ0) is 24.6. The second-order valence-electron chi connectivity index (χ2n) is 10.8. The normalized spacial score (nSPS) is 21.4. The molecule has 2 aliphatic heterocycles. The van der Waals surface area contributed by atoms with E-state index in [-0.39, 0.29) is 0 Å². The smallest absolute Gasteiger partial charge is 0.0237 e. The molecule has 2 aliphatic rings. The molecule has 188 valence electrons. The molecule has 2 fully saturated rings. The molecule has 0 bridgehead atoms. The summed E-state index contributed by atoms with van der Waals surface area (Å²) < 4.78 is 0. The van der Waals surface area contributed by atoms with Gasteiger partial charge in [0.1, 0.15) is 0 Å². The van der Waals surface area contributed by atoms with Crippen molar-refractivity contribution in [3.8, 4) is 0 Å². The summed E-state index contributed by atoms with van der Waals surface area (Å²) in [6.07, 6.45) is 7.76. The molecule has 2 unspecified atom stereocenters. The second kappa shape index (κ2) is 12.5. The van der Waals surface area contributed by atoms with E-state index in [2.05, 4.69) is 108 Å². The maximum Gasteiger partial charge on any atom is 0.0237 e. The van der Waals surface area contributed by atoms with Crippen molar-refractivity contribution < 1.29 is 0 Å². The monoisotopic (exact) mass is 478 g/mol. The van der Waals surface area contributed by atoms with Crippen LogP contribution in [0.4, 0.5) is 0 Å². The Morgan fingerprint density at radius 1 is 0.750 bits per heavy atom. The molecule has 2 heterocycles.